The molecule has 0 unspecified atom stereocenters. The number of nitro groups is 1. The van der Waals surface area contributed by atoms with Gasteiger partial charge in [0.05, 0.1) is 4.92 Å². The predicted molar refractivity (Wildman–Crippen MR) is 97.1 cm³/mol. The van der Waals surface area contributed by atoms with Crippen molar-refractivity contribution in [1.29, 1.82) is 0 Å². The van der Waals surface area contributed by atoms with E-state index in [1.54, 1.807) is 30.3 Å². The Morgan fingerprint density at radius 3 is 2.40 bits per heavy atom. The largest absolute Gasteiger partial charge is 0.489 e. The maximum Gasteiger partial charge on any atom is 0.323 e. The zero-order valence-electron chi connectivity index (χ0n) is 14.0. The molecule has 0 aliphatic carbocycles. The molecular formula is C18H19N3O4. The molecule has 2 amide bonds. The zero-order valence-corrected chi connectivity index (χ0v) is 14.0. The van der Waals surface area contributed by atoms with Gasteiger partial charge in [0.15, 0.2) is 0 Å². The molecule has 0 saturated carbocycles. The quantitative estimate of drug-likeness (QED) is 0.457. The fourth-order valence-electron chi connectivity index (χ4n) is 1.96. The zero-order chi connectivity index (χ0) is 18.2. The summed E-state index contributed by atoms with van der Waals surface area (Å²) in [5, 5.41) is 16.0. The molecule has 0 aliphatic rings. The Bertz CT molecular complexity index is 798. The van der Waals surface area contributed by atoms with Gasteiger partial charge in [-0.3, -0.25) is 10.1 Å². The number of carbonyl (C=O) groups is 1. The molecule has 7 heteroatoms. The minimum Gasteiger partial charge on any atom is -0.489 e. The number of benzene rings is 2. The fourth-order valence-corrected chi connectivity index (χ4v) is 1.96. The van der Waals surface area contributed by atoms with Crippen LogP contribution in [0.15, 0.2) is 60.2 Å². The molecule has 0 bridgehead atoms. The van der Waals surface area contributed by atoms with Crippen LogP contribution in [-0.2, 0) is 0 Å². The van der Waals surface area contributed by atoms with Crippen molar-refractivity contribution in [3.63, 3.8) is 0 Å². The smallest absolute Gasteiger partial charge is 0.323 e. The van der Waals surface area contributed by atoms with Gasteiger partial charge in [-0.1, -0.05) is 17.7 Å². The van der Waals surface area contributed by atoms with Gasteiger partial charge < -0.3 is 15.4 Å². The number of allylic oxidation sites excluding steroid dienone is 1. The van der Waals surface area contributed by atoms with Crippen molar-refractivity contribution in [2.45, 2.75) is 13.8 Å². The molecule has 0 aromatic heterocycles. The number of carbonyl (C=O) groups excluding carboxylic acids is 1. The first-order valence-electron chi connectivity index (χ1n) is 7.63. The van der Waals surface area contributed by atoms with Crippen LogP contribution in [0.2, 0.25) is 0 Å². The third-order valence-electron chi connectivity index (χ3n) is 3.15. The van der Waals surface area contributed by atoms with E-state index in [9.17, 15) is 14.9 Å². The molecule has 25 heavy (non-hydrogen) atoms. The molecular weight excluding hydrogens is 322 g/mol. The van der Waals surface area contributed by atoms with Crippen molar-refractivity contribution in [2.75, 3.05) is 17.2 Å². The van der Waals surface area contributed by atoms with Crippen molar-refractivity contribution < 1.29 is 14.5 Å². The number of ether oxygens (including phenoxy) is 1. The second-order valence-electron chi connectivity index (χ2n) is 5.51. The number of amides is 2. The van der Waals surface area contributed by atoms with Crippen LogP contribution in [0.1, 0.15) is 13.8 Å². The maximum absolute atomic E-state index is 12.0. The number of anilines is 2. The highest BCUT2D eigenvalue weighted by atomic mass is 16.6. The molecule has 2 aromatic carbocycles. The van der Waals surface area contributed by atoms with E-state index in [2.05, 4.69) is 10.6 Å². The van der Waals surface area contributed by atoms with E-state index in [1.165, 1.54) is 18.2 Å². The van der Waals surface area contributed by atoms with Crippen LogP contribution >= 0.6 is 0 Å². The average molecular weight is 341 g/mol. The van der Waals surface area contributed by atoms with Crippen LogP contribution in [-0.4, -0.2) is 17.6 Å². The lowest BCUT2D eigenvalue weighted by atomic mass is 10.3. The SMILES string of the molecule is CC(C)=CCOc1cccc(NC(=O)Nc2cccc([N+](=O)[O-])c2)c1. The van der Waals surface area contributed by atoms with Crippen molar-refractivity contribution in [3.05, 3.63) is 70.3 Å². The van der Waals surface area contributed by atoms with E-state index in [0.717, 1.165) is 5.57 Å². The molecule has 0 fully saturated rings. The topological polar surface area (TPSA) is 93.5 Å². The van der Waals surface area contributed by atoms with Crippen LogP contribution in [0.5, 0.6) is 5.75 Å². The van der Waals surface area contributed by atoms with Crippen LogP contribution in [0.3, 0.4) is 0 Å². The highest BCUT2D eigenvalue weighted by Crippen LogP contribution is 2.19. The minimum absolute atomic E-state index is 0.0903. The number of urea groups is 1. The standard InChI is InChI=1S/C18H19N3O4/c1-13(2)9-10-25-17-8-4-6-15(12-17)20-18(22)19-14-5-3-7-16(11-14)21(23)24/h3-9,11-12H,10H2,1-2H3,(H2,19,20,22). The number of rotatable bonds is 6. The molecule has 0 spiro atoms. The third-order valence-corrected chi connectivity index (χ3v) is 3.15. The summed E-state index contributed by atoms with van der Waals surface area (Å²) < 4.78 is 5.58. The predicted octanol–water partition coefficient (Wildman–Crippen LogP) is 4.58. The molecule has 0 radical (unpaired) electrons. The second kappa shape index (κ2) is 8.49. The molecule has 0 atom stereocenters. The summed E-state index contributed by atoms with van der Waals surface area (Å²) in [5.41, 5.74) is 1.96. The number of hydrogen-bond donors (Lipinski definition) is 2. The van der Waals surface area contributed by atoms with Gasteiger partial charge in [0, 0.05) is 29.6 Å². The summed E-state index contributed by atoms with van der Waals surface area (Å²) in [6.07, 6.45) is 1.95. The van der Waals surface area contributed by atoms with Gasteiger partial charge in [-0.25, -0.2) is 4.79 Å². The molecule has 0 aliphatic heterocycles. The Kier molecular flexibility index (Phi) is 6.11. The molecule has 130 valence electrons. The highest BCUT2D eigenvalue weighted by Gasteiger charge is 2.08. The highest BCUT2D eigenvalue weighted by molar-refractivity contribution is 6.00. The average Bonchev–Trinajstić information content (AvgIpc) is 2.55. The van der Waals surface area contributed by atoms with Gasteiger partial charge in [-0.2, -0.15) is 0 Å². The number of non-ortho nitro benzene ring substituents is 1. The summed E-state index contributed by atoms with van der Waals surface area (Å²) >= 11 is 0. The summed E-state index contributed by atoms with van der Waals surface area (Å²) in [6, 6.07) is 12.2. The van der Waals surface area contributed by atoms with Gasteiger partial charge in [0.1, 0.15) is 12.4 Å². The van der Waals surface area contributed by atoms with Crippen LogP contribution in [0.4, 0.5) is 21.9 Å². The second-order valence-corrected chi connectivity index (χ2v) is 5.51. The molecule has 2 rings (SSSR count). The van der Waals surface area contributed by atoms with Crippen LogP contribution in [0, 0.1) is 10.1 Å². The molecule has 2 N–H and O–H groups in total. The Morgan fingerprint density at radius 1 is 1.12 bits per heavy atom. The monoisotopic (exact) mass is 341 g/mol. The van der Waals surface area contributed by atoms with Crippen LogP contribution in [0.25, 0.3) is 0 Å². The van der Waals surface area contributed by atoms with Crippen molar-refractivity contribution in [3.8, 4) is 5.75 Å². The first kappa shape index (κ1) is 18.0. The maximum atomic E-state index is 12.0. The minimum atomic E-state index is -0.518. The van der Waals surface area contributed by atoms with Gasteiger partial charge in [-0.15, -0.1) is 0 Å². The third kappa shape index (κ3) is 5.98. The number of nitrogens with one attached hydrogen (secondary N) is 2. The van der Waals surface area contributed by atoms with Gasteiger partial charge in [0.25, 0.3) is 5.69 Å². The first-order valence-corrected chi connectivity index (χ1v) is 7.63. The van der Waals surface area contributed by atoms with E-state index in [4.69, 9.17) is 4.74 Å². The molecule has 2 aromatic rings. The Hall–Kier alpha value is -3.35. The van der Waals surface area contributed by atoms with Gasteiger partial charge in [-0.05, 0) is 38.1 Å². The summed E-state index contributed by atoms with van der Waals surface area (Å²) in [6.45, 7) is 4.42. The van der Waals surface area contributed by atoms with Crippen molar-refractivity contribution in [1.82, 2.24) is 0 Å². The fraction of sp³-hybridized carbons (Fsp3) is 0.167. The first-order chi connectivity index (χ1) is 11.9. The van der Waals surface area contributed by atoms with E-state index in [-0.39, 0.29) is 5.69 Å². The van der Waals surface area contributed by atoms with E-state index < -0.39 is 11.0 Å². The lowest BCUT2D eigenvalue weighted by Gasteiger charge is -2.09. The molecule has 0 saturated heterocycles. The summed E-state index contributed by atoms with van der Waals surface area (Å²) in [4.78, 5) is 22.3. The normalized spacial score (nSPS) is 9.84. The van der Waals surface area contributed by atoms with Gasteiger partial charge in [0.2, 0.25) is 0 Å². The summed E-state index contributed by atoms with van der Waals surface area (Å²) in [7, 11) is 0. The number of nitrogens with zero attached hydrogens (tertiary/aromatic N) is 1. The number of hydrogen-bond acceptors (Lipinski definition) is 4. The molecule has 7 nitrogen and oxygen atoms in total. The van der Waals surface area contributed by atoms with E-state index in [1.807, 2.05) is 19.9 Å². The van der Waals surface area contributed by atoms with E-state index in [0.29, 0.717) is 23.7 Å². The molecule has 0 heterocycles. The van der Waals surface area contributed by atoms with Crippen LogP contribution < -0.4 is 15.4 Å². The Morgan fingerprint density at radius 2 is 1.76 bits per heavy atom. The van der Waals surface area contributed by atoms with Gasteiger partial charge >= 0.3 is 6.03 Å². The Balaban J connectivity index is 1.97. The lowest BCUT2D eigenvalue weighted by molar-refractivity contribution is -0.384. The Labute approximate surface area is 145 Å². The van der Waals surface area contributed by atoms with E-state index >= 15 is 0 Å². The van der Waals surface area contributed by atoms with Crippen molar-refractivity contribution in [2.24, 2.45) is 0 Å². The lowest BCUT2D eigenvalue weighted by Crippen LogP contribution is -2.19. The number of nitro benzene ring substituents is 1. The summed E-state index contributed by atoms with van der Waals surface area (Å²) in [5.74, 6) is 0.630. The van der Waals surface area contributed by atoms with Crippen molar-refractivity contribution >= 4 is 23.1 Å².